The van der Waals surface area contributed by atoms with Gasteiger partial charge in [-0.05, 0) is 32.0 Å². The lowest BCUT2D eigenvalue weighted by molar-refractivity contribution is -0.143. The van der Waals surface area contributed by atoms with E-state index in [-0.39, 0.29) is 16.3 Å². The summed E-state index contributed by atoms with van der Waals surface area (Å²) in [6.07, 6.45) is -4.45. The van der Waals surface area contributed by atoms with Crippen LogP contribution in [0.15, 0.2) is 18.2 Å². The lowest BCUT2D eigenvalue weighted by Crippen LogP contribution is -2.43. The predicted octanol–water partition coefficient (Wildman–Crippen LogP) is 3.34. The Morgan fingerprint density at radius 3 is 2.42 bits per heavy atom. The van der Waals surface area contributed by atoms with E-state index in [1.807, 2.05) is 0 Å². The average Bonchev–Trinajstić information content (AvgIpc) is 2.27. The number of hydrogen-bond acceptors (Lipinski definition) is 2. The van der Waals surface area contributed by atoms with Gasteiger partial charge in [0.1, 0.15) is 6.54 Å². The summed E-state index contributed by atoms with van der Waals surface area (Å²) in [5.41, 5.74) is 5.84. The topological polar surface area (TPSA) is 46.3 Å². The predicted molar refractivity (Wildman–Crippen MR) is 68.1 cm³/mol. The van der Waals surface area contributed by atoms with Gasteiger partial charge in [-0.3, -0.25) is 4.79 Å². The summed E-state index contributed by atoms with van der Waals surface area (Å²) < 4.78 is 37.3. The van der Waals surface area contributed by atoms with Crippen molar-refractivity contribution >= 4 is 23.2 Å². The second-order valence-electron chi connectivity index (χ2n) is 4.38. The average molecular weight is 295 g/mol. The molecule has 0 heterocycles. The number of alkyl halides is 3. The lowest BCUT2D eigenvalue weighted by atomic mass is 10.1. The van der Waals surface area contributed by atoms with Crippen molar-refractivity contribution in [3.05, 3.63) is 28.8 Å². The third-order valence-corrected chi connectivity index (χ3v) is 2.81. The molecule has 106 valence electrons. The molecule has 0 saturated heterocycles. The molecule has 1 aromatic rings. The summed E-state index contributed by atoms with van der Waals surface area (Å²) in [5, 5.41) is 0.140. The number of rotatable bonds is 3. The highest BCUT2D eigenvalue weighted by molar-refractivity contribution is 6.33. The normalized spacial score (nSPS) is 11.7. The van der Waals surface area contributed by atoms with Gasteiger partial charge in [0.05, 0.1) is 10.7 Å². The van der Waals surface area contributed by atoms with Crippen molar-refractivity contribution in [2.24, 2.45) is 0 Å². The Kier molecular flexibility index (Phi) is 4.68. The van der Waals surface area contributed by atoms with E-state index in [9.17, 15) is 18.0 Å². The van der Waals surface area contributed by atoms with E-state index in [0.29, 0.717) is 0 Å². The number of hydrogen-bond donors (Lipinski definition) is 1. The van der Waals surface area contributed by atoms with Crippen LogP contribution in [0.4, 0.5) is 18.9 Å². The van der Waals surface area contributed by atoms with Crippen molar-refractivity contribution in [1.29, 1.82) is 0 Å². The molecular formula is C12H14ClF3N2O. The number of halogens is 4. The Morgan fingerprint density at radius 2 is 2.00 bits per heavy atom. The van der Waals surface area contributed by atoms with Gasteiger partial charge in [0.15, 0.2) is 0 Å². The number of nitrogens with two attached hydrogens (primary N) is 1. The molecule has 1 aromatic carbocycles. The highest BCUT2D eigenvalue weighted by atomic mass is 35.5. The van der Waals surface area contributed by atoms with E-state index in [1.165, 1.54) is 32.0 Å². The zero-order chi connectivity index (χ0) is 14.8. The van der Waals surface area contributed by atoms with E-state index in [1.54, 1.807) is 0 Å². The maximum Gasteiger partial charge on any atom is 0.406 e. The molecular weight excluding hydrogens is 281 g/mol. The van der Waals surface area contributed by atoms with Crippen LogP contribution in [0.25, 0.3) is 0 Å². The lowest BCUT2D eigenvalue weighted by Gasteiger charge is -2.27. The maximum absolute atomic E-state index is 12.4. The Balaban J connectivity index is 3.02. The van der Waals surface area contributed by atoms with E-state index < -0.39 is 24.7 Å². The molecule has 0 aliphatic heterocycles. The van der Waals surface area contributed by atoms with E-state index in [4.69, 9.17) is 17.3 Å². The number of amides is 1. The molecule has 0 aromatic heterocycles. The Morgan fingerprint density at radius 1 is 1.42 bits per heavy atom. The molecule has 0 unspecified atom stereocenters. The molecule has 0 aliphatic rings. The highest BCUT2D eigenvalue weighted by Gasteiger charge is 2.34. The van der Waals surface area contributed by atoms with Gasteiger partial charge in [0, 0.05) is 11.6 Å². The van der Waals surface area contributed by atoms with Gasteiger partial charge >= 0.3 is 6.18 Å². The minimum Gasteiger partial charge on any atom is -0.398 e. The molecule has 2 N–H and O–H groups in total. The molecule has 0 bridgehead atoms. The van der Waals surface area contributed by atoms with Crippen molar-refractivity contribution in [3.8, 4) is 0 Å². The van der Waals surface area contributed by atoms with Crippen LogP contribution in [0.3, 0.4) is 0 Å². The minimum atomic E-state index is -4.45. The number of carbonyl (C=O) groups is 1. The number of anilines is 1. The minimum absolute atomic E-state index is 0.0807. The molecule has 0 spiro atoms. The Hall–Kier alpha value is -1.43. The number of nitrogens with zero attached hydrogens (tertiary/aromatic N) is 1. The van der Waals surface area contributed by atoms with Crippen molar-refractivity contribution in [2.75, 3.05) is 12.3 Å². The second kappa shape index (κ2) is 5.69. The molecule has 3 nitrogen and oxygen atoms in total. The van der Waals surface area contributed by atoms with Crippen LogP contribution in [0.1, 0.15) is 24.2 Å². The van der Waals surface area contributed by atoms with Gasteiger partial charge in [-0.1, -0.05) is 11.6 Å². The van der Waals surface area contributed by atoms with Crippen molar-refractivity contribution in [3.63, 3.8) is 0 Å². The van der Waals surface area contributed by atoms with Gasteiger partial charge in [-0.15, -0.1) is 0 Å². The molecule has 0 saturated carbocycles. The van der Waals surface area contributed by atoms with Crippen LogP contribution in [-0.2, 0) is 0 Å². The van der Waals surface area contributed by atoms with Crippen LogP contribution in [0.5, 0.6) is 0 Å². The van der Waals surface area contributed by atoms with E-state index in [0.717, 1.165) is 4.90 Å². The monoisotopic (exact) mass is 294 g/mol. The van der Waals surface area contributed by atoms with E-state index >= 15 is 0 Å². The van der Waals surface area contributed by atoms with Crippen LogP contribution in [0.2, 0.25) is 5.02 Å². The zero-order valence-electron chi connectivity index (χ0n) is 10.5. The fraction of sp³-hybridized carbons (Fsp3) is 0.417. The first-order valence-electron chi connectivity index (χ1n) is 5.54. The number of carbonyl (C=O) groups excluding carboxylic acids is 1. The van der Waals surface area contributed by atoms with Crippen LogP contribution in [-0.4, -0.2) is 29.6 Å². The molecule has 1 amide bonds. The second-order valence-corrected chi connectivity index (χ2v) is 4.79. The summed E-state index contributed by atoms with van der Waals surface area (Å²) >= 11 is 5.76. The van der Waals surface area contributed by atoms with Gasteiger partial charge in [-0.2, -0.15) is 13.2 Å². The van der Waals surface area contributed by atoms with Gasteiger partial charge < -0.3 is 10.6 Å². The maximum atomic E-state index is 12.4. The molecule has 0 atom stereocenters. The van der Waals surface area contributed by atoms with Gasteiger partial charge in [0.25, 0.3) is 5.91 Å². The summed E-state index contributed by atoms with van der Waals surface area (Å²) in [4.78, 5) is 12.8. The van der Waals surface area contributed by atoms with E-state index in [2.05, 4.69) is 0 Å². The van der Waals surface area contributed by atoms with Crippen LogP contribution < -0.4 is 5.73 Å². The first kappa shape index (κ1) is 15.6. The van der Waals surface area contributed by atoms with Gasteiger partial charge in [0.2, 0.25) is 0 Å². The third-order valence-electron chi connectivity index (χ3n) is 2.48. The molecule has 1 rings (SSSR count). The summed E-state index contributed by atoms with van der Waals surface area (Å²) in [7, 11) is 0. The summed E-state index contributed by atoms with van der Waals surface area (Å²) in [6, 6.07) is 3.44. The van der Waals surface area contributed by atoms with Gasteiger partial charge in [-0.25, -0.2) is 0 Å². The molecule has 0 fully saturated rings. The summed E-state index contributed by atoms with van der Waals surface area (Å²) in [6.45, 7) is 1.73. The Labute approximate surface area is 114 Å². The van der Waals surface area contributed by atoms with Crippen molar-refractivity contribution < 1.29 is 18.0 Å². The fourth-order valence-electron chi connectivity index (χ4n) is 1.51. The van der Waals surface area contributed by atoms with Crippen molar-refractivity contribution in [1.82, 2.24) is 4.90 Å². The molecule has 7 heteroatoms. The van der Waals surface area contributed by atoms with Crippen LogP contribution >= 0.6 is 11.6 Å². The largest absolute Gasteiger partial charge is 0.406 e. The number of nitrogen functional groups attached to an aromatic ring is 1. The third kappa shape index (κ3) is 4.31. The van der Waals surface area contributed by atoms with Crippen LogP contribution in [0, 0.1) is 0 Å². The summed E-state index contributed by atoms with van der Waals surface area (Å²) in [5.74, 6) is -0.728. The van der Waals surface area contributed by atoms with Crippen molar-refractivity contribution in [2.45, 2.75) is 26.1 Å². The first-order chi connectivity index (χ1) is 8.61. The Bertz CT molecular complexity index is 475. The standard InChI is InChI=1S/C12H14ClF3N2O/c1-7(2)18(6-12(14,15)16)11(19)8-3-4-10(17)9(13)5-8/h3-5,7H,6,17H2,1-2H3. The zero-order valence-corrected chi connectivity index (χ0v) is 11.2. The highest BCUT2D eigenvalue weighted by Crippen LogP contribution is 2.23. The first-order valence-corrected chi connectivity index (χ1v) is 5.92. The SMILES string of the molecule is CC(C)N(CC(F)(F)F)C(=O)c1ccc(N)c(Cl)c1. The quantitative estimate of drug-likeness (QED) is 0.869. The fourth-order valence-corrected chi connectivity index (χ4v) is 1.69. The number of benzene rings is 1. The molecule has 0 aliphatic carbocycles. The smallest absolute Gasteiger partial charge is 0.398 e. The molecule has 0 radical (unpaired) electrons. The molecule has 19 heavy (non-hydrogen) atoms.